The quantitative estimate of drug-likeness (QED) is 0.641. The monoisotopic (exact) mass is 308 g/mol. The Balaban J connectivity index is 2.23. The first-order chi connectivity index (χ1) is 9.90. The molecule has 1 heterocycles. The first-order valence-corrected chi connectivity index (χ1v) is 6.44. The molecule has 0 bridgehead atoms. The molecule has 1 amide bonds. The topological polar surface area (TPSA) is 81.3 Å². The van der Waals surface area contributed by atoms with Gasteiger partial charge in [0.05, 0.1) is 16.7 Å². The highest BCUT2D eigenvalue weighted by Crippen LogP contribution is 2.28. The third-order valence-electron chi connectivity index (χ3n) is 2.93. The first-order valence-electron chi connectivity index (χ1n) is 6.06. The lowest BCUT2D eigenvalue weighted by Crippen LogP contribution is -2.26. The van der Waals surface area contributed by atoms with Crippen LogP contribution in [0.25, 0.3) is 0 Å². The van der Waals surface area contributed by atoms with Crippen LogP contribution in [-0.4, -0.2) is 32.6 Å². The molecule has 0 spiro atoms. The molecule has 0 aliphatic heterocycles. The van der Waals surface area contributed by atoms with Crippen LogP contribution in [0.15, 0.2) is 30.6 Å². The Hall–Kier alpha value is -2.41. The molecule has 8 heteroatoms. The molecule has 0 unspecified atom stereocenters. The Bertz CT molecular complexity index is 698. The van der Waals surface area contributed by atoms with E-state index in [1.54, 1.807) is 31.2 Å². The van der Waals surface area contributed by atoms with Gasteiger partial charge >= 0.3 is 0 Å². The molecule has 1 aromatic heterocycles. The molecular formula is C13H13ClN4O3. The molecule has 0 radical (unpaired) electrons. The highest BCUT2D eigenvalue weighted by atomic mass is 35.5. The van der Waals surface area contributed by atoms with Gasteiger partial charge in [-0.25, -0.2) is 0 Å². The maximum atomic E-state index is 12.3. The summed E-state index contributed by atoms with van der Waals surface area (Å²) in [5.41, 5.74) is 0.685. The standard InChI is InChI=1S/C13H13ClN4O3/c1-16(7-9-6-15-17(2)8-9)13(19)10-4-3-5-11(12(10)14)18(20)21/h3-6,8H,7H2,1-2H3. The fraction of sp³-hybridized carbons (Fsp3) is 0.231. The van der Waals surface area contributed by atoms with Gasteiger partial charge in [-0.05, 0) is 6.07 Å². The van der Waals surface area contributed by atoms with Gasteiger partial charge in [0.25, 0.3) is 11.6 Å². The second kappa shape index (κ2) is 5.92. The number of nitro benzene ring substituents is 1. The summed E-state index contributed by atoms with van der Waals surface area (Å²) in [5.74, 6) is -0.382. The second-order valence-electron chi connectivity index (χ2n) is 4.58. The second-order valence-corrected chi connectivity index (χ2v) is 4.96. The van der Waals surface area contributed by atoms with Crippen LogP contribution < -0.4 is 0 Å². The molecule has 2 rings (SSSR count). The zero-order valence-corrected chi connectivity index (χ0v) is 12.2. The molecule has 7 nitrogen and oxygen atoms in total. The van der Waals surface area contributed by atoms with Gasteiger partial charge in [0.2, 0.25) is 0 Å². The third-order valence-corrected chi connectivity index (χ3v) is 3.33. The molecule has 2 aromatic rings. The van der Waals surface area contributed by atoms with Crippen LogP contribution in [0.1, 0.15) is 15.9 Å². The number of nitro groups is 1. The van der Waals surface area contributed by atoms with Crippen LogP contribution in [0, 0.1) is 10.1 Å². The van der Waals surface area contributed by atoms with Crippen molar-refractivity contribution < 1.29 is 9.72 Å². The Morgan fingerprint density at radius 2 is 2.24 bits per heavy atom. The van der Waals surface area contributed by atoms with Crippen molar-refractivity contribution in [2.75, 3.05) is 7.05 Å². The molecule has 0 aliphatic rings. The molecule has 0 aliphatic carbocycles. The van der Waals surface area contributed by atoms with E-state index in [2.05, 4.69) is 5.10 Å². The maximum absolute atomic E-state index is 12.3. The van der Waals surface area contributed by atoms with E-state index in [0.717, 1.165) is 5.56 Å². The lowest BCUT2D eigenvalue weighted by molar-refractivity contribution is -0.384. The number of amides is 1. The van der Waals surface area contributed by atoms with Crippen LogP contribution in [0.3, 0.4) is 0 Å². The molecule has 21 heavy (non-hydrogen) atoms. The predicted octanol–water partition coefficient (Wildman–Crippen LogP) is 2.25. The van der Waals surface area contributed by atoms with E-state index in [9.17, 15) is 14.9 Å². The minimum atomic E-state index is -0.611. The average molecular weight is 309 g/mol. The smallest absolute Gasteiger partial charge is 0.288 e. The van der Waals surface area contributed by atoms with Gasteiger partial charge in [0.15, 0.2) is 0 Å². The third kappa shape index (κ3) is 3.19. The molecule has 1 aromatic carbocycles. The molecule has 0 saturated carbocycles. The number of benzene rings is 1. The average Bonchev–Trinajstić information content (AvgIpc) is 2.83. The number of hydrogen-bond donors (Lipinski definition) is 0. The van der Waals surface area contributed by atoms with Crippen LogP contribution in [0.2, 0.25) is 5.02 Å². The summed E-state index contributed by atoms with van der Waals surface area (Å²) in [4.78, 5) is 24.0. The zero-order valence-electron chi connectivity index (χ0n) is 11.5. The number of aryl methyl sites for hydroxylation is 1. The van der Waals surface area contributed by atoms with E-state index in [1.165, 1.54) is 23.1 Å². The highest BCUT2D eigenvalue weighted by Gasteiger charge is 2.22. The van der Waals surface area contributed by atoms with Crippen molar-refractivity contribution in [2.24, 2.45) is 7.05 Å². The number of halogens is 1. The van der Waals surface area contributed by atoms with Crippen molar-refractivity contribution >= 4 is 23.2 Å². The van der Waals surface area contributed by atoms with Crippen molar-refractivity contribution in [2.45, 2.75) is 6.54 Å². The summed E-state index contributed by atoms with van der Waals surface area (Å²) in [6.45, 7) is 0.339. The fourth-order valence-corrected chi connectivity index (χ4v) is 2.21. The summed E-state index contributed by atoms with van der Waals surface area (Å²) in [5, 5.41) is 14.7. The summed E-state index contributed by atoms with van der Waals surface area (Å²) < 4.78 is 1.63. The van der Waals surface area contributed by atoms with Crippen molar-refractivity contribution in [3.8, 4) is 0 Å². The molecule has 0 atom stereocenters. The van der Waals surface area contributed by atoms with Crippen molar-refractivity contribution in [3.05, 3.63) is 56.9 Å². The van der Waals surface area contributed by atoms with Gasteiger partial charge in [-0.2, -0.15) is 5.10 Å². The number of hydrogen-bond acceptors (Lipinski definition) is 4. The Labute approximate surface area is 125 Å². The molecule has 0 N–H and O–H groups in total. The van der Waals surface area contributed by atoms with E-state index >= 15 is 0 Å². The van der Waals surface area contributed by atoms with Gasteiger partial charge in [-0.3, -0.25) is 19.6 Å². The van der Waals surface area contributed by atoms with Crippen molar-refractivity contribution in [1.82, 2.24) is 14.7 Å². The molecule has 0 saturated heterocycles. The lowest BCUT2D eigenvalue weighted by atomic mass is 10.1. The molecular weight excluding hydrogens is 296 g/mol. The lowest BCUT2D eigenvalue weighted by Gasteiger charge is -2.16. The van der Waals surface area contributed by atoms with E-state index in [-0.39, 0.29) is 22.2 Å². The van der Waals surface area contributed by atoms with Gasteiger partial charge < -0.3 is 4.90 Å². The largest absolute Gasteiger partial charge is 0.337 e. The minimum Gasteiger partial charge on any atom is -0.337 e. The highest BCUT2D eigenvalue weighted by molar-refractivity contribution is 6.35. The number of carbonyl (C=O) groups excluding carboxylic acids is 1. The zero-order chi connectivity index (χ0) is 15.6. The van der Waals surface area contributed by atoms with E-state index in [1.807, 2.05) is 0 Å². The van der Waals surface area contributed by atoms with Gasteiger partial charge in [0.1, 0.15) is 5.02 Å². The number of nitrogens with zero attached hydrogens (tertiary/aromatic N) is 4. The van der Waals surface area contributed by atoms with Gasteiger partial charge in [-0.1, -0.05) is 17.7 Å². The number of rotatable bonds is 4. The van der Waals surface area contributed by atoms with E-state index in [4.69, 9.17) is 11.6 Å². The van der Waals surface area contributed by atoms with E-state index < -0.39 is 4.92 Å². The molecule has 110 valence electrons. The number of carbonyl (C=O) groups is 1. The Morgan fingerprint density at radius 3 is 2.81 bits per heavy atom. The summed E-state index contributed by atoms with van der Waals surface area (Å²) in [6, 6.07) is 4.17. The fourth-order valence-electron chi connectivity index (χ4n) is 1.93. The van der Waals surface area contributed by atoms with Gasteiger partial charge in [-0.15, -0.1) is 0 Å². The SMILES string of the molecule is CN(Cc1cnn(C)c1)C(=O)c1cccc([N+](=O)[O-])c1Cl. The van der Waals surface area contributed by atoms with Gasteiger partial charge in [0, 0.05) is 38.5 Å². The first kappa shape index (κ1) is 15.0. The predicted molar refractivity (Wildman–Crippen MR) is 77.1 cm³/mol. The Kier molecular flexibility index (Phi) is 4.23. The summed E-state index contributed by atoms with van der Waals surface area (Å²) >= 11 is 5.94. The van der Waals surface area contributed by atoms with Crippen LogP contribution in [-0.2, 0) is 13.6 Å². The van der Waals surface area contributed by atoms with Crippen LogP contribution >= 0.6 is 11.6 Å². The normalized spacial score (nSPS) is 10.4. The summed E-state index contributed by atoms with van der Waals surface area (Å²) in [6.07, 6.45) is 3.44. The minimum absolute atomic E-state index is 0.109. The van der Waals surface area contributed by atoms with E-state index in [0.29, 0.717) is 6.54 Å². The van der Waals surface area contributed by atoms with Crippen LogP contribution in [0.4, 0.5) is 5.69 Å². The molecule has 0 fully saturated rings. The van der Waals surface area contributed by atoms with Crippen molar-refractivity contribution in [1.29, 1.82) is 0 Å². The number of aromatic nitrogens is 2. The van der Waals surface area contributed by atoms with Crippen LogP contribution in [0.5, 0.6) is 0 Å². The summed E-state index contributed by atoms with van der Waals surface area (Å²) in [7, 11) is 3.38. The van der Waals surface area contributed by atoms with Crippen molar-refractivity contribution in [3.63, 3.8) is 0 Å². The Morgan fingerprint density at radius 1 is 1.52 bits per heavy atom. The maximum Gasteiger partial charge on any atom is 0.288 e.